The second-order valence-corrected chi connectivity index (χ2v) is 12.9. The highest BCUT2D eigenvalue weighted by Crippen LogP contribution is 2.99. The molecule has 0 unspecified atom stereocenters. The first-order valence-electron chi connectivity index (χ1n) is 8.58. The van der Waals surface area contributed by atoms with Crippen molar-refractivity contribution in [3.63, 3.8) is 0 Å². The topological polar surface area (TPSA) is 0 Å². The van der Waals surface area contributed by atoms with Crippen LogP contribution in [0.5, 0.6) is 0 Å². The van der Waals surface area contributed by atoms with Gasteiger partial charge in [0.05, 0.1) is 5.41 Å². The SMILES string of the molecule is FS(F)(F)(F)(F)/C=C/C[Si](c1ccccc1)(c1ccccc1)c1ccccc1. The predicted octanol–water partition coefficient (Wildman–Crippen LogP) is 5.97. The lowest BCUT2D eigenvalue weighted by Gasteiger charge is -2.38. The Kier molecular flexibility index (Phi) is 4.80. The fourth-order valence-electron chi connectivity index (χ4n) is 3.43. The van der Waals surface area contributed by atoms with Crippen molar-refractivity contribution in [3.05, 3.63) is 102 Å². The van der Waals surface area contributed by atoms with E-state index in [-0.39, 0.29) is 6.04 Å². The van der Waals surface area contributed by atoms with E-state index in [2.05, 4.69) is 0 Å². The summed E-state index contributed by atoms with van der Waals surface area (Å²) in [6.45, 7) is 0. The number of hydrogen-bond acceptors (Lipinski definition) is 0. The minimum atomic E-state index is -9.63. The molecule has 0 aromatic heterocycles. The Hall–Kier alpha value is -2.38. The minimum Gasteiger partial charge on any atom is -0.0942 e. The van der Waals surface area contributed by atoms with Crippen molar-refractivity contribution in [2.75, 3.05) is 0 Å². The first-order chi connectivity index (χ1) is 13.0. The Bertz CT molecular complexity index is 860. The van der Waals surface area contributed by atoms with E-state index in [1.165, 1.54) is 0 Å². The molecule has 0 aliphatic carbocycles. The van der Waals surface area contributed by atoms with Gasteiger partial charge in [0.2, 0.25) is 0 Å². The maximum atomic E-state index is 12.9. The van der Waals surface area contributed by atoms with Crippen LogP contribution >= 0.6 is 10.2 Å². The number of allylic oxidation sites excluding steroid dienone is 1. The van der Waals surface area contributed by atoms with E-state index < -0.39 is 23.7 Å². The quantitative estimate of drug-likeness (QED) is 0.259. The Balaban J connectivity index is 2.25. The third-order valence-electron chi connectivity index (χ3n) is 4.58. The van der Waals surface area contributed by atoms with Crippen molar-refractivity contribution >= 4 is 33.9 Å². The molecule has 148 valence electrons. The van der Waals surface area contributed by atoms with Crippen LogP contribution in [0.4, 0.5) is 19.4 Å². The van der Waals surface area contributed by atoms with Gasteiger partial charge < -0.3 is 0 Å². The van der Waals surface area contributed by atoms with Crippen LogP contribution in [0.3, 0.4) is 0 Å². The van der Waals surface area contributed by atoms with Crippen LogP contribution in [0.25, 0.3) is 0 Å². The second-order valence-electron chi connectivity index (χ2n) is 6.61. The van der Waals surface area contributed by atoms with Crippen molar-refractivity contribution in [1.82, 2.24) is 0 Å². The zero-order chi connectivity index (χ0) is 20.4. The summed E-state index contributed by atoms with van der Waals surface area (Å²) in [5.74, 6) is 0. The molecule has 7 heteroatoms. The molecular weight excluding hydrogens is 407 g/mol. The highest BCUT2D eigenvalue weighted by atomic mass is 32.5. The number of benzene rings is 3. The molecule has 3 aromatic carbocycles. The molecule has 0 amide bonds. The van der Waals surface area contributed by atoms with Gasteiger partial charge in [-0.25, -0.2) is 0 Å². The molecule has 0 atom stereocenters. The van der Waals surface area contributed by atoms with Crippen molar-refractivity contribution in [3.8, 4) is 0 Å². The van der Waals surface area contributed by atoms with Crippen LogP contribution in [-0.2, 0) is 0 Å². The zero-order valence-corrected chi connectivity index (χ0v) is 16.6. The summed E-state index contributed by atoms with van der Waals surface area (Å²) in [5.41, 5.74) is 0. The van der Waals surface area contributed by atoms with Crippen molar-refractivity contribution < 1.29 is 19.4 Å². The maximum absolute atomic E-state index is 12.9. The molecule has 0 radical (unpaired) electrons. The summed E-state index contributed by atoms with van der Waals surface area (Å²) in [5, 5.41) is 1.77. The van der Waals surface area contributed by atoms with Crippen LogP contribution < -0.4 is 15.6 Å². The summed E-state index contributed by atoms with van der Waals surface area (Å²) in [6.07, 6.45) is 0.612. The molecule has 0 N–H and O–H groups in total. The van der Waals surface area contributed by atoms with Gasteiger partial charge >= 0.3 is 10.2 Å². The molecule has 0 nitrogen and oxygen atoms in total. The summed E-state index contributed by atoms with van der Waals surface area (Å²) in [4.78, 5) is 0. The fourth-order valence-corrected chi connectivity index (χ4v) is 8.52. The van der Waals surface area contributed by atoms with E-state index in [0.717, 1.165) is 15.6 Å². The molecule has 0 bridgehead atoms. The monoisotopic (exact) mass is 426 g/mol. The van der Waals surface area contributed by atoms with Crippen LogP contribution in [0.15, 0.2) is 102 Å². The lowest BCUT2D eigenvalue weighted by molar-refractivity contribution is 0.384. The van der Waals surface area contributed by atoms with Gasteiger partial charge in [0.15, 0.2) is 8.07 Å². The minimum absolute atomic E-state index is 0.128. The van der Waals surface area contributed by atoms with Gasteiger partial charge in [-0.1, -0.05) is 117 Å². The van der Waals surface area contributed by atoms with Crippen LogP contribution in [-0.4, -0.2) is 8.07 Å². The van der Waals surface area contributed by atoms with Gasteiger partial charge in [0.1, 0.15) is 0 Å². The molecule has 3 rings (SSSR count). The molecular formula is C21H19F5SSi. The highest BCUT2D eigenvalue weighted by Gasteiger charge is 2.60. The summed E-state index contributed by atoms with van der Waals surface area (Å²) < 4.78 is 64.6. The normalized spacial score (nSPS) is 15.2. The predicted molar refractivity (Wildman–Crippen MR) is 111 cm³/mol. The zero-order valence-electron chi connectivity index (χ0n) is 14.8. The number of rotatable bonds is 6. The van der Waals surface area contributed by atoms with E-state index in [9.17, 15) is 19.4 Å². The van der Waals surface area contributed by atoms with Crippen LogP contribution in [0.1, 0.15) is 0 Å². The smallest absolute Gasteiger partial charge is 0.0942 e. The highest BCUT2D eigenvalue weighted by molar-refractivity contribution is 8.48. The first kappa shape index (κ1) is 20.4. The van der Waals surface area contributed by atoms with E-state index in [4.69, 9.17) is 0 Å². The van der Waals surface area contributed by atoms with E-state index in [1.807, 2.05) is 91.0 Å². The molecule has 0 saturated carbocycles. The molecule has 0 spiro atoms. The summed E-state index contributed by atoms with van der Waals surface area (Å²) in [6, 6.07) is 27.4. The molecule has 0 heterocycles. The molecule has 0 aliphatic heterocycles. The van der Waals surface area contributed by atoms with Crippen molar-refractivity contribution in [2.45, 2.75) is 6.04 Å². The average Bonchev–Trinajstić information content (AvgIpc) is 2.66. The van der Waals surface area contributed by atoms with Gasteiger partial charge in [-0.15, -0.1) is 0 Å². The molecule has 28 heavy (non-hydrogen) atoms. The fraction of sp³-hybridized carbons (Fsp3) is 0.0476. The van der Waals surface area contributed by atoms with Crippen LogP contribution in [0, 0.1) is 0 Å². The molecule has 0 fully saturated rings. The largest absolute Gasteiger partial charge is 0.304 e. The maximum Gasteiger partial charge on any atom is 0.304 e. The summed E-state index contributed by atoms with van der Waals surface area (Å²) >= 11 is 0. The van der Waals surface area contributed by atoms with Gasteiger partial charge in [-0.3, -0.25) is 0 Å². The Labute approximate surface area is 162 Å². The van der Waals surface area contributed by atoms with Gasteiger partial charge in [0, 0.05) is 0 Å². The Morgan fingerprint density at radius 3 is 1.18 bits per heavy atom. The Morgan fingerprint density at radius 2 is 0.893 bits per heavy atom. The van der Waals surface area contributed by atoms with Crippen molar-refractivity contribution in [2.24, 2.45) is 0 Å². The number of halogens is 5. The molecule has 0 aliphatic rings. The van der Waals surface area contributed by atoms with E-state index >= 15 is 0 Å². The molecule has 0 saturated heterocycles. The van der Waals surface area contributed by atoms with Gasteiger partial charge in [0.25, 0.3) is 0 Å². The summed E-state index contributed by atoms with van der Waals surface area (Å²) in [7, 11) is -12.6. The first-order valence-corrected chi connectivity index (χ1v) is 12.8. The van der Waals surface area contributed by atoms with E-state index in [1.54, 1.807) is 0 Å². The second kappa shape index (κ2) is 6.60. The standard InChI is InChI=1S/C21H19F5SSi/c22-27(23,24,25,26)17-10-18-28(19-11-4-1-5-12-19,20-13-6-2-7-14-20)21-15-8-3-9-16-21/h1-17H,18H2/b17-10+. The lowest BCUT2D eigenvalue weighted by Crippen LogP contribution is -2.66. The third kappa shape index (κ3) is 4.91. The lowest BCUT2D eigenvalue weighted by atomic mass is 10.3. The Morgan fingerprint density at radius 1 is 0.571 bits per heavy atom. The van der Waals surface area contributed by atoms with Gasteiger partial charge in [-0.05, 0) is 21.6 Å². The number of hydrogen-bond donors (Lipinski definition) is 0. The molecule has 3 aromatic rings. The van der Waals surface area contributed by atoms with E-state index in [0.29, 0.717) is 6.08 Å². The average molecular weight is 427 g/mol. The third-order valence-corrected chi connectivity index (χ3v) is 10.1. The van der Waals surface area contributed by atoms with Crippen LogP contribution in [0.2, 0.25) is 6.04 Å². The van der Waals surface area contributed by atoms with Crippen molar-refractivity contribution in [1.29, 1.82) is 0 Å². The van der Waals surface area contributed by atoms with Gasteiger partial charge in [-0.2, -0.15) is 0 Å².